The van der Waals surface area contributed by atoms with Crippen molar-refractivity contribution >= 4 is 29.9 Å². The van der Waals surface area contributed by atoms with Crippen LogP contribution in [-0.2, 0) is 11.2 Å². The van der Waals surface area contributed by atoms with Crippen molar-refractivity contribution < 1.29 is 9.47 Å². The Balaban J connectivity index is 0.00000392. The van der Waals surface area contributed by atoms with Gasteiger partial charge in [-0.3, -0.25) is 4.99 Å². The largest absolute Gasteiger partial charge is 0.496 e. The number of benzene rings is 1. The van der Waals surface area contributed by atoms with Gasteiger partial charge >= 0.3 is 0 Å². The van der Waals surface area contributed by atoms with Crippen LogP contribution >= 0.6 is 24.0 Å². The third-order valence-corrected chi connectivity index (χ3v) is 5.62. The summed E-state index contributed by atoms with van der Waals surface area (Å²) in [6.07, 6.45) is 7.25. The normalized spacial score (nSPS) is 15.8. The maximum Gasteiger partial charge on any atom is 0.191 e. The molecule has 1 aliphatic rings. The Labute approximate surface area is 188 Å². The van der Waals surface area contributed by atoms with Crippen molar-refractivity contribution in [3.8, 4) is 5.75 Å². The van der Waals surface area contributed by atoms with Crippen molar-refractivity contribution in [2.45, 2.75) is 52.4 Å². The zero-order chi connectivity index (χ0) is 19.5. The van der Waals surface area contributed by atoms with Crippen LogP contribution in [0.25, 0.3) is 0 Å². The predicted molar refractivity (Wildman–Crippen MR) is 128 cm³/mol. The molecule has 2 rings (SSSR count). The summed E-state index contributed by atoms with van der Waals surface area (Å²) in [7, 11) is 3.56. The maximum absolute atomic E-state index is 5.61. The highest BCUT2D eigenvalue weighted by molar-refractivity contribution is 14.0. The van der Waals surface area contributed by atoms with Crippen molar-refractivity contribution in [2.24, 2.45) is 10.4 Å². The smallest absolute Gasteiger partial charge is 0.191 e. The van der Waals surface area contributed by atoms with E-state index in [9.17, 15) is 0 Å². The van der Waals surface area contributed by atoms with Gasteiger partial charge in [0.2, 0.25) is 0 Å². The molecule has 1 aromatic rings. The van der Waals surface area contributed by atoms with E-state index in [0.29, 0.717) is 5.41 Å². The van der Waals surface area contributed by atoms with Crippen LogP contribution in [0.5, 0.6) is 5.75 Å². The lowest BCUT2D eigenvalue weighted by Crippen LogP contribution is -2.44. The summed E-state index contributed by atoms with van der Waals surface area (Å²) in [5, 5.41) is 7.01. The molecule has 0 amide bonds. The molecule has 6 heteroatoms. The molecule has 1 aliphatic carbocycles. The summed E-state index contributed by atoms with van der Waals surface area (Å²) in [5.74, 6) is 1.83. The molecule has 0 bridgehead atoms. The van der Waals surface area contributed by atoms with Gasteiger partial charge in [-0.25, -0.2) is 0 Å². The van der Waals surface area contributed by atoms with E-state index in [-0.39, 0.29) is 24.0 Å². The fourth-order valence-corrected chi connectivity index (χ4v) is 3.98. The van der Waals surface area contributed by atoms with Crippen LogP contribution in [-0.4, -0.2) is 46.4 Å². The van der Waals surface area contributed by atoms with Gasteiger partial charge in [-0.2, -0.15) is 0 Å². The number of aliphatic imine (C=N–C) groups is 1. The summed E-state index contributed by atoms with van der Waals surface area (Å²) < 4.78 is 11.1. The molecule has 0 atom stereocenters. The van der Waals surface area contributed by atoms with E-state index in [1.54, 1.807) is 7.11 Å². The van der Waals surface area contributed by atoms with E-state index in [1.165, 1.54) is 36.8 Å². The molecule has 160 valence electrons. The molecule has 0 heterocycles. The molecule has 0 spiro atoms. The van der Waals surface area contributed by atoms with Crippen LogP contribution in [0, 0.1) is 12.3 Å². The lowest BCUT2D eigenvalue weighted by atomic mass is 9.83. The lowest BCUT2D eigenvalue weighted by Gasteiger charge is -2.30. The molecule has 0 radical (unpaired) electrons. The third-order valence-electron chi connectivity index (χ3n) is 5.62. The van der Waals surface area contributed by atoms with Crippen LogP contribution < -0.4 is 15.4 Å². The molecule has 2 N–H and O–H groups in total. The highest BCUT2D eigenvalue weighted by Gasteiger charge is 2.33. The first-order valence-corrected chi connectivity index (χ1v) is 10.3. The SMILES string of the molecule is CCOCCC1(CNC(=NC)NCCc2cc(C)ccc2OC)CCCC1.I. The Hall–Kier alpha value is -1.02. The first-order chi connectivity index (χ1) is 13.1. The predicted octanol–water partition coefficient (Wildman–Crippen LogP) is 4.32. The maximum atomic E-state index is 5.61. The number of aryl methyl sites for hydroxylation is 1. The van der Waals surface area contributed by atoms with E-state index >= 15 is 0 Å². The number of rotatable bonds is 10. The van der Waals surface area contributed by atoms with E-state index in [4.69, 9.17) is 9.47 Å². The Morgan fingerprint density at radius 1 is 1.21 bits per heavy atom. The van der Waals surface area contributed by atoms with Crippen molar-refractivity contribution in [1.82, 2.24) is 10.6 Å². The van der Waals surface area contributed by atoms with Gasteiger partial charge in [-0.05, 0) is 56.6 Å². The van der Waals surface area contributed by atoms with Crippen LogP contribution in [0.15, 0.2) is 23.2 Å². The summed E-state index contributed by atoms with van der Waals surface area (Å²) in [6.45, 7) is 7.63. The summed E-state index contributed by atoms with van der Waals surface area (Å²) in [4.78, 5) is 4.40. The van der Waals surface area contributed by atoms with Gasteiger partial charge < -0.3 is 20.1 Å². The van der Waals surface area contributed by atoms with Crippen LogP contribution in [0.3, 0.4) is 0 Å². The molecule has 1 saturated carbocycles. The average molecular weight is 503 g/mol. The number of guanidine groups is 1. The van der Waals surface area contributed by atoms with Crippen LogP contribution in [0.2, 0.25) is 0 Å². The van der Waals surface area contributed by atoms with E-state index in [2.05, 4.69) is 41.6 Å². The van der Waals surface area contributed by atoms with Crippen LogP contribution in [0.4, 0.5) is 0 Å². The Bertz CT molecular complexity index is 601. The number of nitrogens with one attached hydrogen (secondary N) is 2. The van der Waals surface area contributed by atoms with E-state index in [0.717, 1.165) is 50.9 Å². The molecular formula is C22H38IN3O2. The quantitative estimate of drug-likeness (QED) is 0.216. The molecule has 0 aromatic heterocycles. The Morgan fingerprint density at radius 2 is 1.96 bits per heavy atom. The van der Waals surface area contributed by atoms with Gasteiger partial charge in [0, 0.05) is 33.4 Å². The van der Waals surface area contributed by atoms with Gasteiger partial charge in [0.05, 0.1) is 7.11 Å². The molecule has 5 nitrogen and oxygen atoms in total. The van der Waals surface area contributed by atoms with Crippen molar-refractivity contribution in [1.29, 1.82) is 0 Å². The van der Waals surface area contributed by atoms with E-state index < -0.39 is 0 Å². The lowest BCUT2D eigenvalue weighted by molar-refractivity contribution is 0.105. The minimum atomic E-state index is 0. The number of nitrogens with zero attached hydrogens (tertiary/aromatic N) is 1. The summed E-state index contributed by atoms with van der Waals surface area (Å²) in [5.41, 5.74) is 2.84. The number of halogens is 1. The highest BCUT2D eigenvalue weighted by Crippen LogP contribution is 2.40. The zero-order valence-corrected chi connectivity index (χ0v) is 20.3. The van der Waals surface area contributed by atoms with Crippen molar-refractivity contribution in [3.63, 3.8) is 0 Å². The van der Waals surface area contributed by atoms with Crippen LogP contribution in [0.1, 0.15) is 50.2 Å². The molecule has 1 fully saturated rings. The molecule has 1 aromatic carbocycles. The molecule has 0 saturated heterocycles. The van der Waals surface area contributed by atoms with Crippen molar-refractivity contribution in [2.75, 3.05) is 40.5 Å². The van der Waals surface area contributed by atoms with Gasteiger partial charge in [0.1, 0.15) is 5.75 Å². The minimum Gasteiger partial charge on any atom is -0.496 e. The molecule has 0 aliphatic heterocycles. The average Bonchev–Trinajstić information content (AvgIpc) is 3.14. The molecule has 28 heavy (non-hydrogen) atoms. The molecule has 0 unspecified atom stereocenters. The fourth-order valence-electron chi connectivity index (χ4n) is 3.98. The Kier molecular flexibility index (Phi) is 11.8. The van der Waals surface area contributed by atoms with Gasteiger partial charge in [0.25, 0.3) is 0 Å². The minimum absolute atomic E-state index is 0. The Morgan fingerprint density at radius 3 is 2.61 bits per heavy atom. The first kappa shape index (κ1) is 25.0. The monoisotopic (exact) mass is 503 g/mol. The van der Waals surface area contributed by atoms with Gasteiger partial charge in [-0.1, -0.05) is 30.5 Å². The second-order valence-electron chi connectivity index (χ2n) is 7.57. The number of ether oxygens (including phenoxy) is 2. The third kappa shape index (κ3) is 7.78. The number of methoxy groups -OCH3 is 1. The second-order valence-corrected chi connectivity index (χ2v) is 7.57. The highest BCUT2D eigenvalue weighted by atomic mass is 127. The topological polar surface area (TPSA) is 54.9 Å². The zero-order valence-electron chi connectivity index (χ0n) is 18.0. The van der Waals surface area contributed by atoms with Gasteiger partial charge in [-0.15, -0.1) is 24.0 Å². The first-order valence-electron chi connectivity index (χ1n) is 10.3. The standard InChI is InChI=1S/C22H37N3O2.HI/c1-5-27-15-13-22(11-6-7-12-22)17-25-21(23-3)24-14-10-19-16-18(2)8-9-20(19)26-4;/h8-9,16H,5-7,10-15,17H2,1-4H3,(H2,23,24,25);1H. The second kappa shape index (κ2) is 13.2. The summed E-state index contributed by atoms with van der Waals surface area (Å²) in [6, 6.07) is 6.32. The van der Waals surface area contributed by atoms with Crippen molar-refractivity contribution in [3.05, 3.63) is 29.3 Å². The molecular weight excluding hydrogens is 465 g/mol. The number of hydrogen-bond acceptors (Lipinski definition) is 3. The van der Waals surface area contributed by atoms with Gasteiger partial charge in [0.15, 0.2) is 5.96 Å². The number of hydrogen-bond donors (Lipinski definition) is 2. The summed E-state index contributed by atoms with van der Waals surface area (Å²) >= 11 is 0. The fraction of sp³-hybridized carbons (Fsp3) is 0.682. The van der Waals surface area contributed by atoms with E-state index in [1.807, 2.05) is 13.1 Å².